The van der Waals surface area contributed by atoms with Crippen LogP contribution in [0.3, 0.4) is 0 Å². The number of amides is 3. The van der Waals surface area contributed by atoms with Gasteiger partial charge in [0.15, 0.2) is 0 Å². The first kappa shape index (κ1) is 16.6. The Labute approximate surface area is 124 Å². The molecule has 0 fully saturated rings. The van der Waals surface area contributed by atoms with Gasteiger partial charge in [0.1, 0.15) is 0 Å². The average molecular weight is 294 g/mol. The van der Waals surface area contributed by atoms with Crippen LogP contribution in [0.5, 0.6) is 0 Å². The number of imide groups is 1. The van der Waals surface area contributed by atoms with Gasteiger partial charge in [-0.3, -0.25) is 10.1 Å². The van der Waals surface area contributed by atoms with Crippen LogP contribution in [0, 0.1) is 0 Å². The smallest absolute Gasteiger partial charge is 0.321 e. The Bertz CT molecular complexity index is 455. The van der Waals surface area contributed by atoms with Crippen molar-refractivity contribution in [1.82, 2.24) is 10.6 Å². The quantitative estimate of drug-likeness (QED) is 0.897. The minimum atomic E-state index is -0.449. The Kier molecular flexibility index (Phi) is 6.07. The van der Waals surface area contributed by atoms with Crippen LogP contribution in [0.2, 0.25) is 0 Å². The molecule has 0 unspecified atom stereocenters. The number of thioether (sulfide) groups is 1. The molecule has 0 aliphatic rings. The van der Waals surface area contributed by atoms with E-state index in [9.17, 15) is 9.59 Å². The molecule has 1 aromatic rings. The van der Waals surface area contributed by atoms with Crippen LogP contribution in [-0.2, 0) is 10.5 Å². The van der Waals surface area contributed by atoms with E-state index < -0.39 is 6.03 Å². The summed E-state index contributed by atoms with van der Waals surface area (Å²) in [4.78, 5) is 23.5. The summed E-state index contributed by atoms with van der Waals surface area (Å²) in [6, 6.07) is 9.48. The molecule has 3 amide bonds. The van der Waals surface area contributed by atoms with Crippen molar-refractivity contribution in [3.8, 4) is 0 Å². The van der Waals surface area contributed by atoms with Gasteiger partial charge in [-0.15, -0.1) is 11.8 Å². The summed E-state index contributed by atoms with van der Waals surface area (Å²) < 4.78 is 0. The Hall–Kier alpha value is -1.49. The van der Waals surface area contributed by atoms with Gasteiger partial charge in [0, 0.05) is 11.3 Å². The SMILES string of the molecule is C[C@@H](SCc1ccccc1)C(=O)NC(=O)NC(C)(C)C. The predicted octanol–water partition coefficient (Wildman–Crippen LogP) is 2.93. The van der Waals surface area contributed by atoms with Crippen LogP contribution >= 0.6 is 11.8 Å². The fourth-order valence-corrected chi connectivity index (χ4v) is 2.30. The molecule has 1 rings (SSSR count). The van der Waals surface area contributed by atoms with Crippen LogP contribution in [0.15, 0.2) is 30.3 Å². The maximum absolute atomic E-state index is 11.9. The van der Waals surface area contributed by atoms with Crippen molar-refractivity contribution in [1.29, 1.82) is 0 Å². The van der Waals surface area contributed by atoms with Crippen LogP contribution < -0.4 is 10.6 Å². The predicted molar refractivity (Wildman–Crippen MR) is 83.6 cm³/mol. The summed E-state index contributed by atoms with van der Waals surface area (Å²) in [6.45, 7) is 7.40. The normalized spacial score (nSPS) is 12.6. The standard InChI is InChI=1S/C15H22N2O2S/c1-11(20-10-12-8-6-5-7-9-12)13(18)16-14(19)17-15(2,3)4/h5-9,11H,10H2,1-4H3,(H2,16,17,18,19)/t11-/m1/s1. The molecule has 2 N–H and O–H groups in total. The molecule has 0 aromatic heterocycles. The fraction of sp³-hybridized carbons (Fsp3) is 0.467. The lowest BCUT2D eigenvalue weighted by Gasteiger charge is -2.21. The molecule has 1 atom stereocenters. The van der Waals surface area contributed by atoms with Gasteiger partial charge in [0.2, 0.25) is 5.91 Å². The minimum Gasteiger partial charge on any atom is -0.333 e. The molecule has 0 heterocycles. The molecule has 0 bridgehead atoms. The second-order valence-electron chi connectivity index (χ2n) is 5.63. The van der Waals surface area contributed by atoms with E-state index in [0.29, 0.717) is 0 Å². The van der Waals surface area contributed by atoms with E-state index in [4.69, 9.17) is 0 Å². The van der Waals surface area contributed by atoms with Crippen molar-refractivity contribution < 1.29 is 9.59 Å². The van der Waals surface area contributed by atoms with Gasteiger partial charge in [-0.25, -0.2) is 4.79 Å². The first-order valence-corrected chi connectivity index (χ1v) is 7.61. The molecule has 5 heteroatoms. The molecule has 0 saturated carbocycles. The van der Waals surface area contributed by atoms with Gasteiger partial charge in [-0.05, 0) is 33.3 Å². The number of benzene rings is 1. The zero-order chi connectivity index (χ0) is 15.2. The molecular weight excluding hydrogens is 272 g/mol. The highest BCUT2D eigenvalue weighted by Crippen LogP contribution is 2.17. The number of hydrogen-bond donors (Lipinski definition) is 2. The molecular formula is C15H22N2O2S. The van der Waals surface area contributed by atoms with Crippen LogP contribution in [0.25, 0.3) is 0 Å². The largest absolute Gasteiger partial charge is 0.333 e. The highest BCUT2D eigenvalue weighted by molar-refractivity contribution is 7.99. The Morgan fingerprint density at radius 3 is 2.35 bits per heavy atom. The third kappa shape index (κ3) is 6.61. The Morgan fingerprint density at radius 1 is 1.20 bits per heavy atom. The summed E-state index contributed by atoms with van der Waals surface area (Å²) in [5, 5.41) is 4.78. The number of carbonyl (C=O) groups excluding carboxylic acids is 2. The van der Waals surface area contributed by atoms with Crippen molar-refractivity contribution in [2.24, 2.45) is 0 Å². The summed E-state index contributed by atoms with van der Waals surface area (Å²) in [6.07, 6.45) is 0. The number of hydrogen-bond acceptors (Lipinski definition) is 3. The van der Waals surface area contributed by atoms with E-state index >= 15 is 0 Å². The highest BCUT2D eigenvalue weighted by atomic mass is 32.2. The summed E-state index contributed by atoms with van der Waals surface area (Å²) in [7, 11) is 0. The van der Waals surface area contributed by atoms with Crippen LogP contribution in [0.4, 0.5) is 4.79 Å². The fourth-order valence-electron chi connectivity index (χ4n) is 1.46. The topological polar surface area (TPSA) is 58.2 Å². The molecule has 0 aliphatic carbocycles. The maximum atomic E-state index is 11.9. The van der Waals surface area contributed by atoms with Gasteiger partial charge >= 0.3 is 6.03 Å². The lowest BCUT2D eigenvalue weighted by molar-refractivity contribution is -0.119. The molecule has 4 nitrogen and oxygen atoms in total. The Balaban J connectivity index is 2.38. The Morgan fingerprint density at radius 2 is 1.80 bits per heavy atom. The number of urea groups is 1. The number of carbonyl (C=O) groups is 2. The van der Waals surface area contributed by atoms with Crippen LogP contribution in [-0.4, -0.2) is 22.7 Å². The number of nitrogens with one attached hydrogen (secondary N) is 2. The van der Waals surface area contributed by atoms with Gasteiger partial charge in [-0.1, -0.05) is 30.3 Å². The first-order valence-electron chi connectivity index (χ1n) is 6.56. The monoisotopic (exact) mass is 294 g/mol. The summed E-state index contributed by atoms with van der Waals surface area (Å²) in [5.41, 5.74) is 0.807. The van der Waals surface area contributed by atoms with Crippen molar-refractivity contribution >= 4 is 23.7 Å². The molecule has 0 spiro atoms. The molecule has 0 radical (unpaired) electrons. The van der Waals surface area contributed by atoms with Crippen molar-refractivity contribution in [3.63, 3.8) is 0 Å². The van der Waals surface area contributed by atoms with Crippen molar-refractivity contribution in [3.05, 3.63) is 35.9 Å². The van der Waals surface area contributed by atoms with Gasteiger partial charge in [0.05, 0.1) is 5.25 Å². The second-order valence-corrected chi connectivity index (χ2v) is 6.96. The lowest BCUT2D eigenvalue weighted by atomic mass is 10.1. The van der Waals surface area contributed by atoms with Gasteiger partial charge in [0.25, 0.3) is 0 Å². The first-order chi connectivity index (χ1) is 9.28. The molecule has 20 heavy (non-hydrogen) atoms. The maximum Gasteiger partial charge on any atom is 0.321 e. The third-order valence-corrected chi connectivity index (χ3v) is 3.65. The zero-order valence-corrected chi connectivity index (χ0v) is 13.2. The molecule has 110 valence electrons. The molecule has 0 aliphatic heterocycles. The van der Waals surface area contributed by atoms with Crippen molar-refractivity contribution in [2.45, 2.75) is 44.2 Å². The number of rotatable bonds is 4. The average Bonchev–Trinajstić information content (AvgIpc) is 2.34. The van der Waals surface area contributed by atoms with E-state index in [-0.39, 0.29) is 16.7 Å². The van der Waals surface area contributed by atoms with Crippen LogP contribution in [0.1, 0.15) is 33.3 Å². The van der Waals surface area contributed by atoms with E-state index in [1.165, 1.54) is 11.8 Å². The lowest BCUT2D eigenvalue weighted by Crippen LogP contribution is -2.49. The third-order valence-electron chi connectivity index (χ3n) is 2.44. The summed E-state index contributed by atoms with van der Waals surface area (Å²) in [5.74, 6) is 0.476. The van der Waals surface area contributed by atoms with Crippen molar-refractivity contribution in [2.75, 3.05) is 0 Å². The highest BCUT2D eigenvalue weighted by Gasteiger charge is 2.19. The summed E-state index contributed by atoms with van der Waals surface area (Å²) >= 11 is 1.51. The minimum absolute atomic E-state index is 0.271. The van der Waals surface area contributed by atoms with E-state index in [1.807, 2.05) is 51.1 Å². The van der Waals surface area contributed by atoms with Gasteiger partial charge < -0.3 is 5.32 Å². The van der Waals surface area contributed by atoms with Gasteiger partial charge in [-0.2, -0.15) is 0 Å². The molecule has 0 saturated heterocycles. The zero-order valence-electron chi connectivity index (χ0n) is 12.4. The van der Waals surface area contributed by atoms with E-state index in [1.54, 1.807) is 6.92 Å². The second kappa shape index (κ2) is 7.33. The van der Waals surface area contributed by atoms with E-state index in [2.05, 4.69) is 10.6 Å². The van der Waals surface area contributed by atoms with E-state index in [0.717, 1.165) is 11.3 Å². The molecule has 1 aromatic carbocycles.